The number of rotatable bonds is 12. The maximum absolute atomic E-state index is 4.76. The maximum atomic E-state index is 4.76. The Morgan fingerprint density at radius 3 is 2.27 bits per heavy atom. The number of unbranched alkanes of at least 4 members (excludes halogenated alkanes) is 4. The van der Waals surface area contributed by atoms with Crippen LogP contribution in [-0.4, -0.2) is 9.97 Å². The molecule has 0 amide bonds. The van der Waals surface area contributed by atoms with Crippen molar-refractivity contribution >= 4 is 0 Å². The Morgan fingerprint density at radius 1 is 0.767 bits per heavy atom. The molecule has 30 heavy (non-hydrogen) atoms. The Hall–Kier alpha value is -1.70. The highest BCUT2D eigenvalue weighted by Gasteiger charge is 2.21. The number of hydrogen-bond donors (Lipinski definition) is 0. The molecule has 164 valence electrons. The SMILES string of the molecule is CCCCCCCc1ccccc1-c1ncncc1CCC1CCC(CCC)CC1. The van der Waals surface area contributed by atoms with Gasteiger partial charge in [-0.3, -0.25) is 0 Å². The molecule has 1 saturated carbocycles. The summed E-state index contributed by atoms with van der Waals surface area (Å²) < 4.78 is 0. The predicted molar refractivity (Wildman–Crippen MR) is 129 cm³/mol. The number of aryl methyl sites for hydroxylation is 2. The molecule has 0 bridgehead atoms. The zero-order valence-corrected chi connectivity index (χ0v) is 19.4. The van der Waals surface area contributed by atoms with Gasteiger partial charge in [0.15, 0.2) is 0 Å². The van der Waals surface area contributed by atoms with Gasteiger partial charge in [-0.25, -0.2) is 9.97 Å². The summed E-state index contributed by atoms with van der Waals surface area (Å²) in [5, 5.41) is 0. The molecule has 0 atom stereocenters. The molecule has 0 radical (unpaired) electrons. The summed E-state index contributed by atoms with van der Waals surface area (Å²) in [6, 6.07) is 8.91. The van der Waals surface area contributed by atoms with Crippen LogP contribution in [0, 0.1) is 11.8 Å². The molecule has 1 aliphatic rings. The Kier molecular flexibility index (Phi) is 9.86. The van der Waals surface area contributed by atoms with E-state index in [1.807, 2.05) is 0 Å². The second-order valence-corrected chi connectivity index (χ2v) is 9.43. The summed E-state index contributed by atoms with van der Waals surface area (Å²) in [6.07, 6.45) is 22.5. The van der Waals surface area contributed by atoms with Crippen molar-refractivity contribution < 1.29 is 0 Å². The molecule has 1 heterocycles. The monoisotopic (exact) mass is 406 g/mol. The summed E-state index contributed by atoms with van der Waals surface area (Å²) in [7, 11) is 0. The normalized spacial score (nSPS) is 19.1. The van der Waals surface area contributed by atoms with Crippen LogP contribution >= 0.6 is 0 Å². The van der Waals surface area contributed by atoms with E-state index in [0.717, 1.165) is 24.7 Å². The Bertz CT molecular complexity index is 731. The van der Waals surface area contributed by atoms with Crippen LogP contribution in [0.4, 0.5) is 0 Å². The van der Waals surface area contributed by atoms with Crippen molar-refractivity contribution in [3.63, 3.8) is 0 Å². The Balaban J connectivity index is 1.61. The lowest BCUT2D eigenvalue weighted by Crippen LogP contribution is -2.15. The molecule has 1 aromatic heterocycles. The van der Waals surface area contributed by atoms with E-state index in [0.29, 0.717) is 0 Å². The van der Waals surface area contributed by atoms with Gasteiger partial charge in [-0.05, 0) is 48.6 Å². The molecule has 2 aromatic rings. The molecular formula is C28H42N2. The fraction of sp³-hybridized carbons (Fsp3) is 0.643. The van der Waals surface area contributed by atoms with Gasteiger partial charge < -0.3 is 0 Å². The number of hydrogen-bond acceptors (Lipinski definition) is 2. The molecule has 1 aromatic carbocycles. The van der Waals surface area contributed by atoms with Crippen LogP contribution < -0.4 is 0 Å². The van der Waals surface area contributed by atoms with Gasteiger partial charge in [-0.1, -0.05) is 102 Å². The predicted octanol–water partition coefficient (Wildman–Crippen LogP) is 8.20. The van der Waals surface area contributed by atoms with Crippen LogP contribution in [0.5, 0.6) is 0 Å². The van der Waals surface area contributed by atoms with Crippen molar-refractivity contribution in [3.8, 4) is 11.3 Å². The third-order valence-electron chi connectivity index (χ3n) is 7.10. The lowest BCUT2D eigenvalue weighted by molar-refractivity contribution is 0.252. The fourth-order valence-corrected chi connectivity index (χ4v) is 5.25. The first-order chi connectivity index (χ1) is 14.8. The summed E-state index contributed by atoms with van der Waals surface area (Å²) >= 11 is 0. The van der Waals surface area contributed by atoms with Crippen molar-refractivity contribution in [2.45, 2.75) is 104 Å². The minimum absolute atomic E-state index is 0.889. The highest BCUT2D eigenvalue weighted by molar-refractivity contribution is 5.66. The first-order valence-corrected chi connectivity index (χ1v) is 12.7. The van der Waals surface area contributed by atoms with Crippen LogP contribution in [0.3, 0.4) is 0 Å². The summed E-state index contributed by atoms with van der Waals surface area (Å²) in [5.74, 6) is 1.88. The number of aromatic nitrogens is 2. The highest BCUT2D eigenvalue weighted by atomic mass is 14.8. The molecule has 1 fully saturated rings. The average molecular weight is 407 g/mol. The van der Waals surface area contributed by atoms with Gasteiger partial charge >= 0.3 is 0 Å². The van der Waals surface area contributed by atoms with Crippen LogP contribution in [-0.2, 0) is 12.8 Å². The third kappa shape index (κ3) is 6.93. The molecule has 0 spiro atoms. The first kappa shape index (κ1) is 23.0. The van der Waals surface area contributed by atoms with Crippen molar-refractivity contribution in [1.82, 2.24) is 9.97 Å². The standard InChI is InChI=1S/C28H42N2/c1-3-5-6-7-8-12-25-13-9-10-14-27(25)28-26(21-29-22-30-28)20-19-24-17-15-23(11-4-2)16-18-24/h9-10,13-14,21-24H,3-8,11-12,15-20H2,1-2H3. The molecule has 0 unspecified atom stereocenters. The zero-order valence-electron chi connectivity index (χ0n) is 19.4. The molecule has 2 heteroatoms. The van der Waals surface area contributed by atoms with Gasteiger partial charge in [0.1, 0.15) is 6.33 Å². The third-order valence-corrected chi connectivity index (χ3v) is 7.10. The highest BCUT2D eigenvalue weighted by Crippen LogP contribution is 2.35. The summed E-state index contributed by atoms with van der Waals surface area (Å²) in [4.78, 5) is 9.14. The smallest absolute Gasteiger partial charge is 0.116 e. The minimum Gasteiger partial charge on any atom is -0.244 e. The van der Waals surface area contributed by atoms with E-state index >= 15 is 0 Å². The van der Waals surface area contributed by atoms with Crippen LogP contribution in [0.2, 0.25) is 0 Å². The van der Waals surface area contributed by atoms with Crippen LogP contribution in [0.1, 0.15) is 102 Å². The molecule has 3 rings (SSSR count). The molecule has 0 N–H and O–H groups in total. The van der Waals surface area contributed by atoms with Crippen LogP contribution in [0.15, 0.2) is 36.8 Å². The van der Waals surface area contributed by atoms with E-state index in [2.05, 4.69) is 49.3 Å². The molecule has 1 aliphatic carbocycles. The van der Waals surface area contributed by atoms with Gasteiger partial charge in [0.05, 0.1) is 5.69 Å². The van der Waals surface area contributed by atoms with Gasteiger partial charge in [-0.15, -0.1) is 0 Å². The molecule has 0 aliphatic heterocycles. The topological polar surface area (TPSA) is 25.8 Å². The fourth-order valence-electron chi connectivity index (χ4n) is 5.25. The lowest BCUT2D eigenvalue weighted by atomic mass is 9.78. The maximum Gasteiger partial charge on any atom is 0.116 e. The quantitative estimate of drug-likeness (QED) is 0.332. The van der Waals surface area contributed by atoms with Gasteiger partial charge in [0, 0.05) is 11.8 Å². The Labute approximate surface area is 184 Å². The number of nitrogens with zero attached hydrogens (tertiary/aromatic N) is 2. The van der Waals surface area contributed by atoms with Gasteiger partial charge in [0.2, 0.25) is 0 Å². The van der Waals surface area contributed by atoms with E-state index in [1.54, 1.807) is 6.33 Å². The summed E-state index contributed by atoms with van der Waals surface area (Å²) in [6.45, 7) is 4.61. The average Bonchev–Trinajstić information content (AvgIpc) is 2.79. The van der Waals surface area contributed by atoms with Gasteiger partial charge in [0.25, 0.3) is 0 Å². The Morgan fingerprint density at radius 2 is 1.50 bits per heavy atom. The van der Waals surface area contributed by atoms with E-state index in [-0.39, 0.29) is 0 Å². The molecular weight excluding hydrogens is 364 g/mol. The zero-order chi connectivity index (χ0) is 21.0. The number of benzene rings is 1. The largest absolute Gasteiger partial charge is 0.244 e. The second kappa shape index (κ2) is 12.9. The first-order valence-electron chi connectivity index (χ1n) is 12.7. The van der Waals surface area contributed by atoms with Crippen molar-refractivity contribution in [2.75, 3.05) is 0 Å². The van der Waals surface area contributed by atoms with E-state index in [9.17, 15) is 0 Å². The van der Waals surface area contributed by atoms with Crippen LogP contribution in [0.25, 0.3) is 11.3 Å². The van der Waals surface area contributed by atoms with Crippen molar-refractivity contribution in [1.29, 1.82) is 0 Å². The molecule has 0 saturated heterocycles. The van der Waals surface area contributed by atoms with Crippen molar-refractivity contribution in [2.24, 2.45) is 11.8 Å². The van der Waals surface area contributed by atoms with Gasteiger partial charge in [-0.2, -0.15) is 0 Å². The summed E-state index contributed by atoms with van der Waals surface area (Å²) in [5.41, 5.74) is 5.30. The second-order valence-electron chi connectivity index (χ2n) is 9.43. The van der Waals surface area contributed by atoms with E-state index in [4.69, 9.17) is 4.98 Å². The van der Waals surface area contributed by atoms with E-state index in [1.165, 1.54) is 99.4 Å². The minimum atomic E-state index is 0.889. The lowest BCUT2D eigenvalue weighted by Gasteiger charge is -2.28. The van der Waals surface area contributed by atoms with E-state index < -0.39 is 0 Å². The van der Waals surface area contributed by atoms with Crippen molar-refractivity contribution in [3.05, 3.63) is 47.9 Å². The molecule has 2 nitrogen and oxygen atoms in total.